The molecule has 4 saturated carbocycles. The number of allylic oxidation sites excluding steroid dienone is 2. The predicted octanol–water partition coefficient (Wildman–Crippen LogP) is 8.12. The van der Waals surface area contributed by atoms with Crippen molar-refractivity contribution >= 4 is 5.97 Å². The third-order valence-electron chi connectivity index (χ3n) is 13.2. The molecule has 0 amide bonds. The third kappa shape index (κ3) is 2.62. The lowest BCUT2D eigenvalue weighted by Crippen LogP contribution is -2.64. The Morgan fingerprint density at radius 2 is 1.62 bits per heavy atom. The molecule has 0 unspecified atom stereocenters. The van der Waals surface area contributed by atoms with Crippen molar-refractivity contribution in [1.82, 2.24) is 0 Å². The van der Waals surface area contributed by atoms with E-state index >= 15 is 0 Å². The molecule has 180 valence electrons. The molecule has 32 heavy (non-hydrogen) atoms. The van der Waals surface area contributed by atoms with Gasteiger partial charge in [0.1, 0.15) is 0 Å². The number of carboxylic acids is 1. The second kappa shape index (κ2) is 6.88. The smallest absolute Gasteiger partial charge is 0.310 e. The molecule has 5 rings (SSSR count). The standard InChI is InChI=1S/C30H48O2/c1-19-11-16-30(25(31)32)18-17-28(6)21(24(30)20(19)2)9-10-23-27(5)14-8-13-26(3,4)22(27)12-15-29(23,28)7/h9,19-20,22-24H,8,10-18H2,1-7H3,(H,31,32)/t19-,20+,22+,23-,24+,27+,28-,29-,30+/m1/s1. The molecule has 2 heteroatoms. The van der Waals surface area contributed by atoms with E-state index in [4.69, 9.17) is 0 Å². The molecule has 0 radical (unpaired) electrons. The van der Waals surface area contributed by atoms with E-state index in [0.29, 0.717) is 28.1 Å². The van der Waals surface area contributed by atoms with E-state index in [2.05, 4.69) is 54.5 Å². The summed E-state index contributed by atoms with van der Waals surface area (Å²) in [5, 5.41) is 10.5. The Hall–Kier alpha value is -0.790. The molecule has 9 atom stereocenters. The number of carbonyl (C=O) groups is 1. The molecule has 0 spiro atoms. The van der Waals surface area contributed by atoms with Gasteiger partial charge < -0.3 is 5.11 Å². The fourth-order valence-corrected chi connectivity index (χ4v) is 11.0. The van der Waals surface area contributed by atoms with Crippen LogP contribution < -0.4 is 0 Å². The van der Waals surface area contributed by atoms with Gasteiger partial charge in [0, 0.05) is 0 Å². The minimum Gasteiger partial charge on any atom is -0.481 e. The van der Waals surface area contributed by atoms with Crippen LogP contribution in [0.2, 0.25) is 0 Å². The van der Waals surface area contributed by atoms with Gasteiger partial charge in [-0.25, -0.2) is 0 Å². The third-order valence-corrected chi connectivity index (χ3v) is 13.2. The van der Waals surface area contributed by atoms with Gasteiger partial charge in [-0.05, 0) is 109 Å². The van der Waals surface area contributed by atoms with E-state index in [-0.39, 0.29) is 11.3 Å². The molecule has 0 bridgehead atoms. The van der Waals surface area contributed by atoms with Gasteiger partial charge in [0.2, 0.25) is 0 Å². The van der Waals surface area contributed by atoms with Crippen LogP contribution in [-0.2, 0) is 4.79 Å². The van der Waals surface area contributed by atoms with E-state index < -0.39 is 11.4 Å². The highest BCUT2D eigenvalue weighted by atomic mass is 16.4. The van der Waals surface area contributed by atoms with Crippen LogP contribution in [0.15, 0.2) is 11.6 Å². The van der Waals surface area contributed by atoms with E-state index in [1.807, 2.05) is 0 Å². The van der Waals surface area contributed by atoms with Crippen molar-refractivity contribution < 1.29 is 9.90 Å². The van der Waals surface area contributed by atoms with Crippen LogP contribution in [0.3, 0.4) is 0 Å². The van der Waals surface area contributed by atoms with Gasteiger partial charge in [0.05, 0.1) is 5.41 Å². The predicted molar refractivity (Wildman–Crippen MR) is 131 cm³/mol. The first-order valence-electron chi connectivity index (χ1n) is 13.8. The summed E-state index contributed by atoms with van der Waals surface area (Å²) in [4.78, 5) is 12.8. The zero-order chi connectivity index (χ0) is 23.3. The Balaban J connectivity index is 1.62. The van der Waals surface area contributed by atoms with Gasteiger partial charge in [-0.1, -0.05) is 66.5 Å². The fraction of sp³-hybridized carbons (Fsp3) is 0.900. The molecule has 4 fully saturated rings. The first kappa shape index (κ1) is 23.0. The molecule has 0 aromatic heterocycles. The van der Waals surface area contributed by atoms with Crippen molar-refractivity contribution in [3.8, 4) is 0 Å². The number of rotatable bonds is 1. The summed E-state index contributed by atoms with van der Waals surface area (Å²) >= 11 is 0. The summed E-state index contributed by atoms with van der Waals surface area (Å²) in [6.45, 7) is 17.7. The largest absolute Gasteiger partial charge is 0.481 e. The highest BCUT2D eigenvalue weighted by molar-refractivity contribution is 5.76. The van der Waals surface area contributed by atoms with Gasteiger partial charge >= 0.3 is 5.97 Å². The monoisotopic (exact) mass is 440 g/mol. The number of fused-ring (bicyclic) bond motifs is 7. The van der Waals surface area contributed by atoms with Crippen molar-refractivity contribution in [3.63, 3.8) is 0 Å². The fourth-order valence-electron chi connectivity index (χ4n) is 11.0. The van der Waals surface area contributed by atoms with Gasteiger partial charge in [-0.15, -0.1) is 0 Å². The second-order valence-corrected chi connectivity index (χ2v) is 14.5. The van der Waals surface area contributed by atoms with Gasteiger partial charge in [-0.3, -0.25) is 4.79 Å². The Bertz CT molecular complexity index is 840. The summed E-state index contributed by atoms with van der Waals surface area (Å²) in [6, 6.07) is 0. The summed E-state index contributed by atoms with van der Waals surface area (Å²) in [7, 11) is 0. The Morgan fingerprint density at radius 3 is 2.31 bits per heavy atom. The topological polar surface area (TPSA) is 37.3 Å². The average Bonchev–Trinajstić information content (AvgIpc) is 2.70. The first-order chi connectivity index (χ1) is 14.8. The van der Waals surface area contributed by atoms with Crippen molar-refractivity contribution in [2.24, 2.45) is 56.7 Å². The zero-order valence-corrected chi connectivity index (χ0v) is 21.9. The van der Waals surface area contributed by atoms with Gasteiger partial charge in [0.25, 0.3) is 0 Å². The highest BCUT2D eigenvalue weighted by Crippen LogP contribution is 2.75. The van der Waals surface area contributed by atoms with Crippen molar-refractivity contribution in [2.75, 3.05) is 0 Å². The number of aliphatic carboxylic acids is 1. The molecule has 1 N–H and O–H groups in total. The quantitative estimate of drug-likeness (QED) is 0.418. The van der Waals surface area contributed by atoms with E-state index in [1.165, 1.54) is 38.5 Å². The average molecular weight is 441 g/mol. The molecular formula is C30H48O2. The van der Waals surface area contributed by atoms with Crippen molar-refractivity contribution in [2.45, 2.75) is 113 Å². The lowest BCUT2D eigenvalue weighted by atomic mass is 9.33. The molecule has 0 aromatic carbocycles. The molecule has 5 aliphatic rings. The lowest BCUT2D eigenvalue weighted by molar-refractivity contribution is -0.189. The molecule has 0 heterocycles. The SMILES string of the molecule is C[C@H]1[C@H](C)CC[C@]2(C(=O)O)CC[C@]3(C)C(=CC[C@@H]4[C@@]5(C)CCCC(C)(C)[C@@H]5CC[C@]43C)[C@H]12. The van der Waals surface area contributed by atoms with E-state index in [0.717, 1.165) is 37.5 Å². The Labute approximate surface area is 197 Å². The highest BCUT2D eigenvalue weighted by Gasteiger charge is 2.68. The number of carboxylic acid groups (broad SMARTS) is 1. The van der Waals surface area contributed by atoms with Crippen molar-refractivity contribution in [3.05, 3.63) is 11.6 Å². The zero-order valence-electron chi connectivity index (χ0n) is 21.9. The van der Waals surface area contributed by atoms with Crippen LogP contribution in [0.4, 0.5) is 0 Å². The molecule has 2 nitrogen and oxygen atoms in total. The van der Waals surface area contributed by atoms with E-state index in [1.54, 1.807) is 5.57 Å². The molecule has 5 aliphatic carbocycles. The molecular weight excluding hydrogens is 392 g/mol. The maximum atomic E-state index is 12.8. The van der Waals surface area contributed by atoms with Crippen LogP contribution in [-0.4, -0.2) is 11.1 Å². The molecule has 0 saturated heterocycles. The maximum absolute atomic E-state index is 12.8. The minimum atomic E-state index is -0.519. The molecule has 0 aliphatic heterocycles. The van der Waals surface area contributed by atoms with Gasteiger partial charge in [-0.2, -0.15) is 0 Å². The summed E-state index contributed by atoms with van der Waals surface area (Å²) in [6.07, 6.45) is 14.5. The van der Waals surface area contributed by atoms with E-state index in [9.17, 15) is 9.90 Å². The summed E-state index contributed by atoms with van der Waals surface area (Å²) < 4.78 is 0. The minimum absolute atomic E-state index is 0.153. The first-order valence-corrected chi connectivity index (χ1v) is 13.8. The number of hydrogen-bond donors (Lipinski definition) is 1. The van der Waals surface area contributed by atoms with Gasteiger partial charge in [0.15, 0.2) is 0 Å². The Morgan fingerprint density at radius 1 is 0.906 bits per heavy atom. The van der Waals surface area contributed by atoms with Crippen LogP contribution >= 0.6 is 0 Å². The summed E-state index contributed by atoms with van der Waals surface area (Å²) in [5.41, 5.74) is 2.38. The van der Waals surface area contributed by atoms with Crippen LogP contribution in [0.5, 0.6) is 0 Å². The normalized spacial score (nSPS) is 54.3. The van der Waals surface area contributed by atoms with Crippen molar-refractivity contribution in [1.29, 1.82) is 0 Å². The summed E-state index contributed by atoms with van der Waals surface area (Å²) in [5.74, 6) is 2.36. The van der Waals surface area contributed by atoms with Crippen LogP contribution in [0, 0.1) is 56.7 Å². The van der Waals surface area contributed by atoms with Crippen LogP contribution in [0.1, 0.15) is 113 Å². The molecule has 0 aromatic rings. The Kier molecular flexibility index (Phi) is 4.94. The van der Waals surface area contributed by atoms with Crippen LogP contribution in [0.25, 0.3) is 0 Å². The number of hydrogen-bond acceptors (Lipinski definition) is 1. The maximum Gasteiger partial charge on any atom is 0.310 e. The second-order valence-electron chi connectivity index (χ2n) is 14.5. The lowest BCUT2D eigenvalue weighted by Gasteiger charge is -2.71.